The van der Waals surface area contributed by atoms with E-state index in [1.165, 1.54) is 5.56 Å². The van der Waals surface area contributed by atoms with Gasteiger partial charge in [-0.25, -0.2) is 4.98 Å². The molecule has 0 radical (unpaired) electrons. The topological polar surface area (TPSA) is 61.8 Å². The highest BCUT2D eigenvalue weighted by Gasteiger charge is 2.29. The lowest BCUT2D eigenvalue weighted by Gasteiger charge is -2.21. The third-order valence-corrected chi connectivity index (χ3v) is 5.07. The molecule has 0 saturated carbocycles. The summed E-state index contributed by atoms with van der Waals surface area (Å²) in [6.07, 6.45) is 2.85. The Morgan fingerprint density at radius 1 is 1.25 bits per heavy atom. The number of guanidine groups is 1. The van der Waals surface area contributed by atoms with Gasteiger partial charge in [0.25, 0.3) is 0 Å². The molecule has 28 heavy (non-hydrogen) atoms. The third-order valence-electron chi connectivity index (χ3n) is 5.07. The minimum absolute atomic E-state index is 0.380. The summed E-state index contributed by atoms with van der Waals surface area (Å²) in [7, 11) is 1.81. The Balaban J connectivity index is 1.52. The molecule has 1 aliphatic heterocycles. The largest absolute Gasteiger partial charge is 0.478 e. The van der Waals surface area contributed by atoms with Crippen LogP contribution in [0.5, 0.6) is 5.88 Å². The van der Waals surface area contributed by atoms with E-state index in [0.29, 0.717) is 31.1 Å². The van der Waals surface area contributed by atoms with Crippen molar-refractivity contribution in [1.82, 2.24) is 20.5 Å². The minimum Gasteiger partial charge on any atom is -0.478 e. The first kappa shape index (κ1) is 20.1. The molecule has 0 amide bonds. The second-order valence-corrected chi connectivity index (χ2v) is 7.17. The lowest BCUT2D eigenvalue weighted by Crippen LogP contribution is -2.44. The van der Waals surface area contributed by atoms with Gasteiger partial charge in [0, 0.05) is 50.5 Å². The van der Waals surface area contributed by atoms with Gasteiger partial charge in [-0.3, -0.25) is 9.89 Å². The van der Waals surface area contributed by atoms with Crippen LogP contribution in [0.25, 0.3) is 0 Å². The van der Waals surface area contributed by atoms with E-state index in [0.717, 1.165) is 31.0 Å². The maximum absolute atomic E-state index is 5.60. The minimum atomic E-state index is 0.380. The maximum atomic E-state index is 5.60. The molecule has 6 nitrogen and oxygen atoms in total. The molecule has 1 aromatic carbocycles. The molecule has 3 rings (SSSR count). The first-order valence-electron chi connectivity index (χ1n) is 10.0. The molecule has 0 aliphatic carbocycles. The molecule has 2 heterocycles. The molecular weight excluding hydrogens is 350 g/mol. The Bertz CT molecular complexity index is 765. The Morgan fingerprint density at radius 2 is 2.07 bits per heavy atom. The first-order chi connectivity index (χ1) is 13.7. The Hall–Kier alpha value is -2.60. The van der Waals surface area contributed by atoms with Gasteiger partial charge in [-0.05, 0) is 31.9 Å². The Morgan fingerprint density at radius 3 is 2.82 bits per heavy atom. The van der Waals surface area contributed by atoms with Gasteiger partial charge >= 0.3 is 0 Å². The number of nitrogens with one attached hydrogen (secondary N) is 2. The van der Waals surface area contributed by atoms with Crippen LogP contribution in [0, 0.1) is 0 Å². The standard InChI is InChI=1S/C22H31N5O/c1-4-28-21-19(11-8-12-24-21)14-25-22(23-3)26-20-13-17(2)27(16-20)15-18-9-6-5-7-10-18/h5-12,17,20H,4,13-16H2,1-3H3,(H2,23,25,26). The van der Waals surface area contributed by atoms with Gasteiger partial charge in [-0.1, -0.05) is 36.4 Å². The fraction of sp³-hybridized carbons (Fsp3) is 0.455. The molecular formula is C22H31N5O. The number of hydrogen-bond acceptors (Lipinski definition) is 4. The average molecular weight is 382 g/mol. The van der Waals surface area contributed by atoms with E-state index in [2.05, 4.69) is 62.8 Å². The maximum Gasteiger partial charge on any atom is 0.218 e. The zero-order valence-electron chi connectivity index (χ0n) is 17.1. The van der Waals surface area contributed by atoms with Crippen molar-refractivity contribution in [2.75, 3.05) is 20.2 Å². The predicted octanol–water partition coefficient (Wildman–Crippen LogP) is 2.81. The number of ether oxygens (including phenoxy) is 1. The van der Waals surface area contributed by atoms with E-state index < -0.39 is 0 Å². The number of benzene rings is 1. The van der Waals surface area contributed by atoms with Crippen LogP contribution in [0.15, 0.2) is 53.7 Å². The van der Waals surface area contributed by atoms with Crippen molar-refractivity contribution in [2.45, 2.75) is 45.4 Å². The lowest BCUT2D eigenvalue weighted by molar-refractivity contribution is 0.258. The van der Waals surface area contributed by atoms with Crippen molar-refractivity contribution in [3.8, 4) is 5.88 Å². The Kier molecular flexibility index (Phi) is 7.25. The smallest absolute Gasteiger partial charge is 0.218 e. The molecule has 1 aliphatic rings. The molecule has 150 valence electrons. The highest BCUT2D eigenvalue weighted by atomic mass is 16.5. The first-order valence-corrected chi connectivity index (χ1v) is 10.0. The number of aliphatic imine (C=N–C) groups is 1. The second kappa shape index (κ2) is 10.1. The van der Waals surface area contributed by atoms with Gasteiger partial charge in [0.2, 0.25) is 5.88 Å². The van der Waals surface area contributed by atoms with Crippen LogP contribution in [-0.2, 0) is 13.1 Å². The van der Waals surface area contributed by atoms with Crippen molar-refractivity contribution < 1.29 is 4.74 Å². The zero-order chi connectivity index (χ0) is 19.8. The van der Waals surface area contributed by atoms with Crippen LogP contribution >= 0.6 is 0 Å². The van der Waals surface area contributed by atoms with Gasteiger partial charge < -0.3 is 15.4 Å². The summed E-state index contributed by atoms with van der Waals surface area (Å²) < 4.78 is 5.60. The van der Waals surface area contributed by atoms with Crippen molar-refractivity contribution in [2.24, 2.45) is 4.99 Å². The Labute approximate surface area is 168 Å². The third kappa shape index (κ3) is 5.45. The van der Waals surface area contributed by atoms with Crippen LogP contribution in [-0.4, -0.2) is 48.1 Å². The highest BCUT2D eigenvalue weighted by Crippen LogP contribution is 2.20. The van der Waals surface area contributed by atoms with E-state index in [-0.39, 0.29) is 0 Å². The van der Waals surface area contributed by atoms with Crippen molar-refractivity contribution >= 4 is 5.96 Å². The van der Waals surface area contributed by atoms with E-state index in [1.54, 1.807) is 6.20 Å². The fourth-order valence-electron chi connectivity index (χ4n) is 3.63. The normalized spacial score (nSPS) is 20.2. The van der Waals surface area contributed by atoms with Crippen LogP contribution < -0.4 is 15.4 Å². The second-order valence-electron chi connectivity index (χ2n) is 7.17. The summed E-state index contributed by atoms with van der Waals surface area (Å²) in [4.78, 5) is 11.2. The molecule has 0 spiro atoms. The molecule has 2 N–H and O–H groups in total. The van der Waals surface area contributed by atoms with E-state index >= 15 is 0 Å². The fourth-order valence-corrected chi connectivity index (χ4v) is 3.63. The summed E-state index contributed by atoms with van der Waals surface area (Å²) >= 11 is 0. The summed E-state index contributed by atoms with van der Waals surface area (Å²) in [5.74, 6) is 1.49. The molecule has 1 saturated heterocycles. The molecule has 2 atom stereocenters. The van der Waals surface area contributed by atoms with E-state index in [4.69, 9.17) is 4.74 Å². The number of pyridine rings is 1. The van der Waals surface area contributed by atoms with Crippen LogP contribution in [0.3, 0.4) is 0 Å². The molecule has 0 bridgehead atoms. The number of aromatic nitrogens is 1. The van der Waals surface area contributed by atoms with E-state index in [9.17, 15) is 0 Å². The van der Waals surface area contributed by atoms with Crippen LogP contribution in [0.4, 0.5) is 0 Å². The van der Waals surface area contributed by atoms with Crippen LogP contribution in [0.2, 0.25) is 0 Å². The lowest BCUT2D eigenvalue weighted by atomic mass is 10.2. The summed E-state index contributed by atoms with van der Waals surface area (Å²) in [5, 5.41) is 6.96. The quantitative estimate of drug-likeness (QED) is 0.570. The number of hydrogen-bond donors (Lipinski definition) is 2. The SMILES string of the molecule is CCOc1ncccc1CNC(=NC)NC1CC(C)N(Cc2ccccc2)C1. The molecule has 1 fully saturated rings. The van der Waals surface area contributed by atoms with Crippen molar-refractivity contribution in [3.05, 3.63) is 59.8 Å². The van der Waals surface area contributed by atoms with Gasteiger partial charge in [0.1, 0.15) is 0 Å². The van der Waals surface area contributed by atoms with Crippen molar-refractivity contribution in [3.63, 3.8) is 0 Å². The van der Waals surface area contributed by atoms with E-state index in [1.807, 2.05) is 26.1 Å². The number of nitrogens with zero attached hydrogens (tertiary/aromatic N) is 3. The van der Waals surface area contributed by atoms with Crippen LogP contribution in [0.1, 0.15) is 31.4 Å². The molecule has 2 unspecified atom stereocenters. The number of likely N-dealkylation sites (tertiary alicyclic amines) is 1. The van der Waals surface area contributed by atoms with Gasteiger partial charge in [-0.2, -0.15) is 0 Å². The van der Waals surface area contributed by atoms with Gasteiger partial charge in [0.05, 0.1) is 6.61 Å². The summed E-state index contributed by atoms with van der Waals surface area (Å²) in [6.45, 7) is 7.49. The zero-order valence-corrected chi connectivity index (χ0v) is 17.1. The van der Waals surface area contributed by atoms with Gasteiger partial charge in [-0.15, -0.1) is 0 Å². The summed E-state index contributed by atoms with van der Waals surface area (Å²) in [6, 6.07) is 15.5. The van der Waals surface area contributed by atoms with Gasteiger partial charge in [0.15, 0.2) is 5.96 Å². The van der Waals surface area contributed by atoms with Crippen molar-refractivity contribution in [1.29, 1.82) is 0 Å². The monoisotopic (exact) mass is 381 g/mol. The highest BCUT2D eigenvalue weighted by molar-refractivity contribution is 5.80. The number of rotatable bonds is 7. The summed E-state index contributed by atoms with van der Waals surface area (Å²) in [5.41, 5.74) is 2.38. The molecule has 1 aromatic heterocycles. The molecule has 2 aromatic rings. The predicted molar refractivity (Wildman–Crippen MR) is 113 cm³/mol. The molecule has 6 heteroatoms. The average Bonchev–Trinajstić information content (AvgIpc) is 3.06.